The molecule has 1 aromatic heterocycles. The van der Waals surface area contributed by atoms with Gasteiger partial charge in [0, 0.05) is 31.2 Å². The van der Waals surface area contributed by atoms with Crippen molar-refractivity contribution in [3.05, 3.63) is 169 Å². The average molecular weight is 653 g/mol. The van der Waals surface area contributed by atoms with Gasteiger partial charge >= 0.3 is 0 Å². The summed E-state index contributed by atoms with van der Waals surface area (Å²) in [6.45, 7) is 4.83. The maximum absolute atomic E-state index is 2.57. The van der Waals surface area contributed by atoms with Gasteiger partial charge in [-0.25, -0.2) is 0 Å². The van der Waals surface area contributed by atoms with Gasteiger partial charge in [0.2, 0.25) is 0 Å². The highest BCUT2D eigenvalue weighted by atomic mass is 32.1. The molecular weight excluding hydrogens is 621 g/mol. The monoisotopic (exact) mass is 652 g/mol. The molecule has 0 bridgehead atoms. The van der Waals surface area contributed by atoms with Gasteiger partial charge in [-0.15, -0.1) is 11.3 Å². The van der Waals surface area contributed by atoms with E-state index in [9.17, 15) is 0 Å². The van der Waals surface area contributed by atoms with Crippen LogP contribution in [0.4, 0.5) is 0 Å². The van der Waals surface area contributed by atoms with Crippen molar-refractivity contribution in [2.45, 2.75) is 19.3 Å². The fourth-order valence-electron chi connectivity index (χ4n) is 9.22. The number of thiophene rings is 1. The minimum absolute atomic E-state index is 0.137. The van der Waals surface area contributed by atoms with Crippen molar-refractivity contribution in [2.24, 2.45) is 0 Å². The van der Waals surface area contributed by atoms with E-state index in [-0.39, 0.29) is 5.41 Å². The third-order valence-electron chi connectivity index (χ3n) is 11.4. The van der Waals surface area contributed by atoms with Crippen LogP contribution in [0.2, 0.25) is 0 Å². The molecule has 9 aromatic carbocycles. The van der Waals surface area contributed by atoms with E-state index in [1.165, 1.54) is 108 Å². The van der Waals surface area contributed by atoms with Crippen molar-refractivity contribution in [2.75, 3.05) is 0 Å². The van der Waals surface area contributed by atoms with Gasteiger partial charge in [-0.1, -0.05) is 159 Å². The quantitative estimate of drug-likeness (QED) is 0.163. The molecule has 0 saturated carbocycles. The molecular formula is C49H32S. The van der Waals surface area contributed by atoms with Crippen LogP contribution >= 0.6 is 11.3 Å². The number of benzene rings is 9. The predicted octanol–water partition coefficient (Wildman–Crippen LogP) is 14.3. The number of rotatable bonds is 2. The highest BCUT2D eigenvalue weighted by molar-refractivity contribution is 7.26. The lowest BCUT2D eigenvalue weighted by atomic mass is 9.79. The predicted molar refractivity (Wildman–Crippen MR) is 218 cm³/mol. The molecule has 0 amide bonds. The fourth-order valence-corrected chi connectivity index (χ4v) is 10.5. The second-order valence-electron chi connectivity index (χ2n) is 14.4. The van der Waals surface area contributed by atoms with Gasteiger partial charge in [-0.3, -0.25) is 0 Å². The molecule has 0 unspecified atom stereocenters. The molecule has 50 heavy (non-hydrogen) atoms. The van der Waals surface area contributed by atoms with Crippen LogP contribution < -0.4 is 0 Å². The minimum atomic E-state index is -0.137. The first-order valence-corrected chi connectivity index (χ1v) is 18.3. The lowest BCUT2D eigenvalue weighted by molar-refractivity contribution is 0.661. The summed E-state index contributed by atoms with van der Waals surface area (Å²) in [5.41, 5.74) is 10.7. The van der Waals surface area contributed by atoms with Gasteiger partial charge in [-0.2, -0.15) is 0 Å². The smallest absolute Gasteiger partial charge is 0.0440 e. The molecule has 0 aliphatic heterocycles. The zero-order valence-electron chi connectivity index (χ0n) is 27.9. The topological polar surface area (TPSA) is 0 Å². The van der Waals surface area contributed by atoms with Crippen LogP contribution in [0.5, 0.6) is 0 Å². The zero-order valence-corrected chi connectivity index (χ0v) is 28.7. The van der Waals surface area contributed by atoms with Gasteiger partial charge < -0.3 is 0 Å². The van der Waals surface area contributed by atoms with Crippen LogP contribution in [0.25, 0.3) is 96.6 Å². The summed E-state index contributed by atoms with van der Waals surface area (Å²) in [6.07, 6.45) is 0. The Labute approximate surface area is 294 Å². The van der Waals surface area contributed by atoms with Gasteiger partial charge in [0.25, 0.3) is 0 Å². The van der Waals surface area contributed by atoms with Crippen molar-refractivity contribution in [3.63, 3.8) is 0 Å². The van der Waals surface area contributed by atoms with E-state index in [2.05, 4.69) is 172 Å². The van der Waals surface area contributed by atoms with Crippen LogP contribution in [0, 0.1) is 0 Å². The molecule has 10 aromatic rings. The van der Waals surface area contributed by atoms with E-state index >= 15 is 0 Å². The molecule has 0 radical (unpaired) electrons. The average Bonchev–Trinajstić information content (AvgIpc) is 3.66. The maximum Gasteiger partial charge on any atom is 0.0440 e. The molecule has 0 spiro atoms. The van der Waals surface area contributed by atoms with Crippen molar-refractivity contribution in [1.82, 2.24) is 0 Å². The maximum atomic E-state index is 2.57. The van der Waals surface area contributed by atoms with E-state index in [1.807, 2.05) is 11.3 Å². The van der Waals surface area contributed by atoms with Gasteiger partial charge in [0.15, 0.2) is 0 Å². The Bertz CT molecular complexity index is 3000. The van der Waals surface area contributed by atoms with Crippen LogP contribution in [0.15, 0.2) is 158 Å². The third-order valence-corrected chi connectivity index (χ3v) is 12.6. The van der Waals surface area contributed by atoms with E-state index in [0.29, 0.717) is 0 Å². The van der Waals surface area contributed by atoms with E-state index < -0.39 is 0 Å². The largest absolute Gasteiger partial charge is 0.134 e. The number of hydrogen-bond acceptors (Lipinski definition) is 1. The SMILES string of the molecule is CC1(C)c2ccccc2-c2c1cc(-c1c3ccccc3c(-c3cccc4ccccc34)c3ccccc13)c1sc3ccc4ccccc4c3c21. The summed E-state index contributed by atoms with van der Waals surface area (Å²) < 4.78 is 2.72. The Kier molecular flexibility index (Phi) is 5.70. The fraction of sp³-hybridized carbons (Fsp3) is 0.0612. The Balaban J connectivity index is 1.36. The Morgan fingerprint density at radius 1 is 0.380 bits per heavy atom. The second kappa shape index (κ2) is 10.1. The Morgan fingerprint density at radius 3 is 1.60 bits per heavy atom. The Morgan fingerprint density at radius 2 is 0.900 bits per heavy atom. The lowest BCUT2D eigenvalue weighted by Gasteiger charge is -2.24. The molecule has 1 aliphatic carbocycles. The summed E-state index contributed by atoms with van der Waals surface area (Å²) in [7, 11) is 0. The molecule has 0 atom stereocenters. The summed E-state index contributed by atoms with van der Waals surface area (Å²) >= 11 is 1.96. The van der Waals surface area contributed by atoms with Crippen LogP contribution in [-0.2, 0) is 5.41 Å². The molecule has 1 aliphatic rings. The summed E-state index contributed by atoms with van der Waals surface area (Å²) in [5, 5.41) is 13.1. The molecule has 11 rings (SSSR count). The van der Waals surface area contributed by atoms with Crippen molar-refractivity contribution < 1.29 is 0 Å². The highest BCUT2D eigenvalue weighted by Gasteiger charge is 2.38. The molecule has 0 fully saturated rings. The summed E-state index contributed by atoms with van der Waals surface area (Å²) in [5.74, 6) is 0. The van der Waals surface area contributed by atoms with Gasteiger partial charge in [-0.05, 0) is 94.2 Å². The standard InChI is InChI=1S/C49H32S/c1-49(2)40-25-12-11-23-38(40)45-41(49)28-39(48-47(45)46-32-18-6-4-15-30(32)26-27-42(46)50-48)44-36-21-9-7-19-34(36)43(35-20-8-10-22-37(35)44)33-24-13-16-29-14-3-5-17-31(29)33/h3-28H,1-2H3. The molecule has 1 heteroatoms. The summed E-state index contributed by atoms with van der Waals surface area (Å²) in [4.78, 5) is 0. The van der Waals surface area contributed by atoms with Crippen molar-refractivity contribution in [3.8, 4) is 33.4 Å². The molecule has 1 heterocycles. The first kappa shape index (κ1) is 28.1. The number of hydrogen-bond donors (Lipinski definition) is 0. The van der Waals surface area contributed by atoms with Gasteiger partial charge in [0.05, 0.1) is 0 Å². The van der Waals surface area contributed by atoms with Crippen LogP contribution in [0.3, 0.4) is 0 Å². The van der Waals surface area contributed by atoms with E-state index in [1.54, 1.807) is 0 Å². The first-order valence-electron chi connectivity index (χ1n) is 17.5. The first-order chi connectivity index (χ1) is 24.6. The van der Waals surface area contributed by atoms with Crippen molar-refractivity contribution in [1.29, 1.82) is 0 Å². The summed E-state index contributed by atoms with van der Waals surface area (Å²) in [6, 6.07) is 59.0. The van der Waals surface area contributed by atoms with Crippen LogP contribution in [0.1, 0.15) is 25.0 Å². The minimum Gasteiger partial charge on any atom is -0.134 e. The van der Waals surface area contributed by atoms with E-state index in [4.69, 9.17) is 0 Å². The highest BCUT2D eigenvalue weighted by Crippen LogP contribution is 2.58. The Hall–Kier alpha value is -5.76. The lowest BCUT2D eigenvalue weighted by Crippen LogP contribution is -2.15. The van der Waals surface area contributed by atoms with Crippen molar-refractivity contribution >= 4 is 74.6 Å². The zero-order chi connectivity index (χ0) is 33.1. The van der Waals surface area contributed by atoms with Gasteiger partial charge in [0.1, 0.15) is 0 Å². The normalized spacial score (nSPS) is 13.6. The second-order valence-corrected chi connectivity index (χ2v) is 15.4. The van der Waals surface area contributed by atoms with E-state index in [0.717, 1.165) is 0 Å². The molecule has 234 valence electrons. The molecule has 0 N–H and O–H groups in total. The molecule has 0 nitrogen and oxygen atoms in total. The third kappa shape index (κ3) is 3.65. The molecule has 0 saturated heterocycles. The van der Waals surface area contributed by atoms with Crippen LogP contribution in [-0.4, -0.2) is 0 Å². The number of fused-ring (bicyclic) bond motifs is 12.